The number of nitrogens with one attached hydrogen (secondary N) is 1. The lowest BCUT2D eigenvalue weighted by atomic mass is 10.1. The molecule has 1 amide bonds. The lowest BCUT2D eigenvalue weighted by molar-refractivity contribution is -0.142. The average molecular weight is 363 g/mol. The van der Waals surface area contributed by atoms with Crippen LogP contribution < -0.4 is 14.8 Å². The summed E-state index contributed by atoms with van der Waals surface area (Å²) in [5.74, 6) is -0.277. The molecule has 2 rings (SSSR count). The number of aliphatic carboxylic acids is 1. The van der Waals surface area contributed by atoms with Gasteiger partial charge in [-0.15, -0.1) is 0 Å². The van der Waals surface area contributed by atoms with Gasteiger partial charge >= 0.3 is 5.97 Å². The Kier molecular flexibility index (Phi) is 6.26. The number of carboxylic acid groups (broad SMARTS) is 1. The van der Waals surface area contributed by atoms with Crippen molar-refractivity contribution in [3.8, 4) is 11.5 Å². The summed E-state index contributed by atoms with van der Waals surface area (Å²) in [6, 6.07) is 4.27. The van der Waals surface area contributed by atoms with Gasteiger partial charge in [-0.25, -0.2) is 4.79 Å². The molecule has 7 heteroatoms. The standard InChI is InChI=1S/C19H25NO6/c1-19(2,3)26-8-7-15(18(22)23)20-17(21)13-9-12-10-14(24-4)5-6-16(12)25-11-13/h5-6,9-10,15H,7-8,11H2,1-4H3,(H,20,21)(H,22,23). The van der Waals surface area contributed by atoms with Gasteiger partial charge in [0.25, 0.3) is 5.91 Å². The number of carbonyl (C=O) groups excluding carboxylic acids is 1. The minimum atomic E-state index is -1.10. The molecule has 0 saturated carbocycles. The predicted octanol–water partition coefficient (Wildman–Crippen LogP) is 2.25. The zero-order chi connectivity index (χ0) is 19.3. The van der Waals surface area contributed by atoms with Crippen LogP contribution in [0.5, 0.6) is 11.5 Å². The van der Waals surface area contributed by atoms with Crippen molar-refractivity contribution >= 4 is 18.0 Å². The normalized spacial score (nSPS) is 14.5. The van der Waals surface area contributed by atoms with E-state index in [1.807, 2.05) is 20.8 Å². The summed E-state index contributed by atoms with van der Waals surface area (Å²) in [5, 5.41) is 11.9. The molecule has 1 unspecified atom stereocenters. The summed E-state index contributed by atoms with van der Waals surface area (Å²) in [6.07, 6.45) is 1.86. The van der Waals surface area contributed by atoms with E-state index < -0.39 is 17.9 Å². The zero-order valence-electron chi connectivity index (χ0n) is 15.5. The van der Waals surface area contributed by atoms with Gasteiger partial charge in [-0.1, -0.05) is 0 Å². The minimum Gasteiger partial charge on any atom is -0.497 e. The third-order valence-electron chi connectivity index (χ3n) is 3.77. The number of fused-ring (bicyclic) bond motifs is 1. The molecule has 1 aromatic carbocycles. The number of benzene rings is 1. The van der Waals surface area contributed by atoms with Crippen molar-refractivity contribution in [3.05, 3.63) is 29.3 Å². The summed E-state index contributed by atoms with van der Waals surface area (Å²) in [6.45, 7) is 5.97. The van der Waals surface area contributed by atoms with Crippen molar-refractivity contribution in [2.45, 2.75) is 38.8 Å². The highest BCUT2D eigenvalue weighted by Crippen LogP contribution is 2.29. The van der Waals surface area contributed by atoms with Crippen molar-refractivity contribution in [1.82, 2.24) is 5.32 Å². The molecule has 0 fully saturated rings. The largest absolute Gasteiger partial charge is 0.497 e. The molecule has 1 aliphatic heterocycles. The Labute approximate surface area is 152 Å². The van der Waals surface area contributed by atoms with Crippen molar-refractivity contribution in [2.75, 3.05) is 20.3 Å². The number of hydrogen-bond acceptors (Lipinski definition) is 5. The second-order valence-electron chi connectivity index (χ2n) is 6.98. The molecule has 0 aliphatic carbocycles. The summed E-state index contributed by atoms with van der Waals surface area (Å²) < 4.78 is 16.3. The van der Waals surface area contributed by atoms with Crippen LogP contribution in [0, 0.1) is 0 Å². The highest BCUT2D eigenvalue weighted by Gasteiger charge is 2.24. The fourth-order valence-corrected chi connectivity index (χ4v) is 2.41. The second kappa shape index (κ2) is 8.23. The van der Waals surface area contributed by atoms with Crippen LogP contribution >= 0.6 is 0 Å². The van der Waals surface area contributed by atoms with Crippen LogP contribution in [-0.2, 0) is 14.3 Å². The predicted molar refractivity (Wildman–Crippen MR) is 96.4 cm³/mol. The minimum absolute atomic E-state index is 0.0794. The first-order valence-electron chi connectivity index (χ1n) is 8.38. The van der Waals surface area contributed by atoms with Gasteiger partial charge in [-0.05, 0) is 45.0 Å². The number of methoxy groups -OCH3 is 1. The molecule has 0 aromatic heterocycles. The van der Waals surface area contributed by atoms with Crippen LogP contribution in [0.3, 0.4) is 0 Å². The Morgan fingerprint density at radius 2 is 2.08 bits per heavy atom. The molecular weight excluding hydrogens is 338 g/mol. The Morgan fingerprint density at radius 3 is 2.69 bits per heavy atom. The number of rotatable bonds is 7. The first kappa shape index (κ1) is 19.8. The molecular formula is C19H25NO6. The van der Waals surface area contributed by atoms with Gasteiger partial charge in [0, 0.05) is 18.6 Å². The maximum atomic E-state index is 12.4. The van der Waals surface area contributed by atoms with Gasteiger partial charge in [0.2, 0.25) is 0 Å². The number of amides is 1. The first-order valence-corrected chi connectivity index (χ1v) is 8.38. The topological polar surface area (TPSA) is 94.1 Å². The Balaban J connectivity index is 2.04. The fourth-order valence-electron chi connectivity index (χ4n) is 2.41. The Bertz CT molecular complexity index is 704. The highest BCUT2D eigenvalue weighted by molar-refractivity contribution is 6.00. The summed E-state index contributed by atoms with van der Waals surface area (Å²) >= 11 is 0. The molecule has 26 heavy (non-hydrogen) atoms. The van der Waals surface area contributed by atoms with Crippen LogP contribution in [0.4, 0.5) is 0 Å². The van der Waals surface area contributed by atoms with Crippen LogP contribution in [0.2, 0.25) is 0 Å². The molecule has 1 heterocycles. The van der Waals surface area contributed by atoms with E-state index in [4.69, 9.17) is 14.2 Å². The van der Waals surface area contributed by atoms with Crippen molar-refractivity contribution < 1.29 is 28.9 Å². The fraction of sp³-hybridized carbons (Fsp3) is 0.474. The number of carbonyl (C=O) groups is 2. The molecule has 1 aromatic rings. The molecule has 7 nitrogen and oxygen atoms in total. The smallest absolute Gasteiger partial charge is 0.326 e. The molecule has 1 atom stereocenters. The van der Waals surface area contributed by atoms with E-state index in [9.17, 15) is 14.7 Å². The maximum absolute atomic E-state index is 12.4. The number of carboxylic acids is 1. The summed E-state index contributed by atoms with van der Waals surface area (Å²) in [7, 11) is 1.56. The molecule has 142 valence electrons. The van der Waals surface area contributed by atoms with Crippen molar-refractivity contribution in [3.63, 3.8) is 0 Å². The monoisotopic (exact) mass is 363 g/mol. The van der Waals surface area contributed by atoms with Crippen LogP contribution in [0.15, 0.2) is 23.8 Å². The van der Waals surface area contributed by atoms with Crippen LogP contribution in [-0.4, -0.2) is 48.9 Å². The lowest BCUT2D eigenvalue weighted by Crippen LogP contribution is -2.43. The highest BCUT2D eigenvalue weighted by atomic mass is 16.5. The van der Waals surface area contributed by atoms with Crippen LogP contribution in [0.25, 0.3) is 6.08 Å². The quantitative estimate of drug-likeness (QED) is 0.772. The third kappa shape index (κ3) is 5.49. The van der Waals surface area contributed by atoms with E-state index in [0.29, 0.717) is 22.6 Å². The molecule has 1 aliphatic rings. The van der Waals surface area contributed by atoms with Crippen molar-refractivity contribution in [2.24, 2.45) is 0 Å². The molecule has 0 spiro atoms. The Morgan fingerprint density at radius 1 is 1.35 bits per heavy atom. The van der Waals surface area contributed by atoms with E-state index in [2.05, 4.69) is 5.32 Å². The van der Waals surface area contributed by atoms with Gasteiger partial charge in [-0.3, -0.25) is 4.79 Å². The van der Waals surface area contributed by atoms with E-state index in [0.717, 1.165) is 0 Å². The second-order valence-corrected chi connectivity index (χ2v) is 6.98. The van der Waals surface area contributed by atoms with E-state index in [1.54, 1.807) is 31.4 Å². The molecule has 0 radical (unpaired) electrons. The van der Waals surface area contributed by atoms with Gasteiger partial charge in [0.15, 0.2) is 0 Å². The van der Waals surface area contributed by atoms with Crippen LogP contribution in [0.1, 0.15) is 32.8 Å². The molecule has 0 saturated heterocycles. The van der Waals surface area contributed by atoms with E-state index in [1.165, 1.54) is 0 Å². The Hall–Kier alpha value is -2.54. The zero-order valence-corrected chi connectivity index (χ0v) is 15.5. The number of hydrogen-bond donors (Lipinski definition) is 2. The van der Waals surface area contributed by atoms with Gasteiger partial charge < -0.3 is 24.6 Å². The molecule has 2 N–H and O–H groups in total. The SMILES string of the molecule is COc1ccc2c(c1)C=C(C(=O)NC(CCOC(C)(C)C)C(=O)O)CO2. The van der Waals surface area contributed by atoms with Gasteiger partial charge in [-0.2, -0.15) is 0 Å². The lowest BCUT2D eigenvalue weighted by Gasteiger charge is -2.22. The summed E-state index contributed by atoms with van der Waals surface area (Å²) in [4.78, 5) is 23.9. The average Bonchev–Trinajstić information content (AvgIpc) is 2.58. The van der Waals surface area contributed by atoms with E-state index in [-0.39, 0.29) is 25.2 Å². The van der Waals surface area contributed by atoms with Gasteiger partial charge in [0.05, 0.1) is 18.3 Å². The summed E-state index contributed by atoms with van der Waals surface area (Å²) in [5.41, 5.74) is 0.702. The van der Waals surface area contributed by atoms with E-state index >= 15 is 0 Å². The van der Waals surface area contributed by atoms with Crippen molar-refractivity contribution in [1.29, 1.82) is 0 Å². The number of ether oxygens (including phenoxy) is 3. The first-order chi connectivity index (χ1) is 12.2. The molecule has 0 bridgehead atoms. The maximum Gasteiger partial charge on any atom is 0.326 e. The van der Waals surface area contributed by atoms with Gasteiger partial charge in [0.1, 0.15) is 24.1 Å². The third-order valence-corrected chi connectivity index (χ3v) is 3.77.